The molecular weight excluding hydrogens is 520 g/mol. The van der Waals surface area contributed by atoms with Gasteiger partial charge in [0.25, 0.3) is 0 Å². The van der Waals surface area contributed by atoms with E-state index in [4.69, 9.17) is 4.42 Å². The minimum absolute atomic E-state index is 0.934. The van der Waals surface area contributed by atoms with E-state index in [1.54, 1.807) is 0 Å². The van der Waals surface area contributed by atoms with Crippen molar-refractivity contribution >= 4 is 54.3 Å². The van der Waals surface area contributed by atoms with Gasteiger partial charge in [-0.25, -0.2) is 0 Å². The maximum atomic E-state index is 6.12. The lowest BCUT2D eigenvalue weighted by molar-refractivity contribution is 0.669. The maximum absolute atomic E-state index is 6.12. The van der Waals surface area contributed by atoms with Gasteiger partial charge in [-0.3, -0.25) is 0 Å². The SMILES string of the molecule is c1ccc2c(c1)-c1cccc3cc(-c4ccc5cc(-c6ccc7cc8oc9ccccc9c8cc7c6)ccc5c4)cc-2c13. The Morgan fingerprint density at radius 3 is 1.70 bits per heavy atom. The minimum Gasteiger partial charge on any atom is -0.456 e. The Kier molecular flexibility index (Phi) is 4.51. The van der Waals surface area contributed by atoms with Crippen LogP contribution in [-0.4, -0.2) is 0 Å². The Balaban J connectivity index is 1.06. The molecule has 0 saturated heterocycles. The molecule has 9 aromatic rings. The summed E-state index contributed by atoms with van der Waals surface area (Å²) in [6.45, 7) is 0. The van der Waals surface area contributed by atoms with Crippen LogP contribution in [0.3, 0.4) is 0 Å². The van der Waals surface area contributed by atoms with Gasteiger partial charge in [0.1, 0.15) is 11.2 Å². The Morgan fingerprint density at radius 1 is 0.302 bits per heavy atom. The van der Waals surface area contributed by atoms with Crippen LogP contribution in [0.25, 0.3) is 98.8 Å². The molecule has 0 fully saturated rings. The summed E-state index contributed by atoms with van der Waals surface area (Å²) in [5.74, 6) is 0. The third-order valence-electron chi connectivity index (χ3n) is 9.33. The Hall–Kier alpha value is -5.66. The number of hydrogen-bond donors (Lipinski definition) is 0. The topological polar surface area (TPSA) is 13.1 Å². The molecule has 1 heteroatoms. The van der Waals surface area contributed by atoms with Crippen LogP contribution in [0.5, 0.6) is 0 Å². The zero-order valence-corrected chi connectivity index (χ0v) is 23.3. The first-order valence-electron chi connectivity index (χ1n) is 14.8. The van der Waals surface area contributed by atoms with Gasteiger partial charge >= 0.3 is 0 Å². The van der Waals surface area contributed by atoms with Gasteiger partial charge in [-0.05, 0) is 125 Å². The Bertz CT molecular complexity index is 2620. The molecule has 0 N–H and O–H groups in total. The normalized spacial score (nSPS) is 12.2. The second kappa shape index (κ2) is 8.44. The third-order valence-corrected chi connectivity index (χ3v) is 9.33. The molecule has 0 spiro atoms. The fourth-order valence-corrected chi connectivity index (χ4v) is 7.24. The molecule has 1 nitrogen and oxygen atoms in total. The van der Waals surface area contributed by atoms with E-state index in [1.807, 2.05) is 12.1 Å². The Morgan fingerprint density at radius 2 is 0.907 bits per heavy atom. The second-order valence-electron chi connectivity index (χ2n) is 11.8. The van der Waals surface area contributed by atoms with E-state index in [0.29, 0.717) is 0 Å². The highest BCUT2D eigenvalue weighted by molar-refractivity contribution is 6.16. The van der Waals surface area contributed by atoms with Crippen molar-refractivity contribution in [2.24, 2.45) is 0 Å². The lowest BCUT2D eigenvalue weighted by atomic mass is 9.93. The van der Waals surface area contributed by atoms with Gasteiger partial charge in [0.05, 0.1) is 0 Å². The van der Waals surface area contributed by atoms with Gasteiger partial charge in [-0.1, -0.05) is 97.1 Å². The molecular formula is C42H24O. The van der Waals surface area contributed by atoms with Crippen LogP contribution in [0.15, 0.2) is 150 Å². The first kappa shape index (κ1) is 23.0. The monoisotopic (exact) mass is 544 g/mol. The molecule has 1 aliphatic carbocycles. The number of fused-ring (bicyclic) bond motifs is 8. The first-order chi connectivity index (χ1) is 21.3. The molecule has 0 unspecified atom stereocenters. The standard InChI is InChI=1S/C42H24O/c1-2-8-35-34(7-1)37-10-5-6-31-21-33(23-39(35)42(31)37)29-16-14-25-18-26(12-13-27(25)19-29)28-15-17-30-24-41-38(22-32(30)20-28)36-9-3-4-11-40(36)43-41/h1-24H. The van der Waals surface area contributed by atoms with Crippen molar-refractivity contribution in [3.63, 3.8) is 0 Å². The number of para-hydroxylation sites is 1. The van der Waals surface area contributed by atoms with Gasteiger partial charge in [0.15, 0.2) is 0 Å². The van der Waals surface area contributed by atoms with E-state index in [1.165, 1.54) is 82.2 Å². The van der Waals surface area contributed by atoms with Crippen LogP contribution in [0.2, 0.25) is 0 Å². The van der Waals surface area contributed by atoms with Crippen molar-refractivity contribution in [1.82, 2.24) is 0 Å². The molecule has 1 aliphatic rings. The van der Waals surface area contributed by atoms with Gasteiger partial charge in [-0.15, -0.1) is 0 Å². The summed E-state index contributed by atoms with van der Waals surface area (Å²) in [5.41, 5.74) is 12.2. The summed E-state index contributed by atoms with van der Waals surface area (Å²) >= 11 is 0. The van der Waals surface area contributed by atoms with Crippen molar-refractivity contribution < 1.29 is 4.42 Å². The summed E-state index contributed by atoms with van der Waals surface area (Å²) in [6, 6.07) is 53.3. The second-order valence-corrected chi connectivity index (χ2v) is 11.8. The molecule has 43 heavy (non-hydrogen) atoms. The number of hydrogen-bond acceptors (Lipinski definition) is 1. The van der Waals surface area contributed by atoms with Crippen molar-refractivity contribution in [2.75, 3.05) is 0 Å². The van der Waals surface area contributed by atoms with Crippen molar-refractivity contribution in [1.29, 1.82) is 0 Å². The Labute approximate surface area is 248 Å². The third kappa shape index (κ3) is 3.34. The fourth-order valence-electron chi connectivity index (χ4n) is 7.24. The van der Waals surface area contributed by atoms with Crippen LogP contribution in [0.4, 0.5) is 0 Å². The maximum Gasteiger partial charge on any atom is 0.136 e. The van der Waals surface area contributed by atoms with E-state index in [2.05, 4.69) is 133 Å². The molecule has 0 atom stereocenters. The molecule has 0 bridgehead atoms. The predicted octanol–water partition coefficient (Wildman–Crippen LogP) is 12.0. The van der Waals surface area contributed by atoms with Gasteiger partial charge < -0.3 is 4.42 Å². The first-order valence-corrected chi connectivity index (χ1v) is 14.8. The molecule has 8 aromatic carbocycles. The van der Waals surface area contributed by atoms with Crippen LogP contribution in [-0.2, 0) is 0 Å². The highest BCUT2D eigenvalue weighted by Gasteiger charge is 2.21. The van der Waals surface area contributed by atoms with Gasteiger partial charge in [0, 0.05) is 10.8 Å². The lowest BCUT2D eigenvalue weighted by Crippen LogP contribution is -1.84. The zero-order valence-electron chi connectivity index (χ0n) is 23.3. The average Bonchev–Trinajstić information content (AvgIpc) is 3.59. The van der Waals surface area contributed by atoms with Crippen molar-refractivity contribution in [3.8, 4) is 44.5 Å². The molecule has 1 heterocycles. The lowest BCUT2D eigenvalue weighted by Gasteiger charge is -2.10. The van der Waals surface area contributed by atoms with Crippen molar-refractivity contribution in [3.05, 3.63) is 146 Å². The largest absolute Gasteiger partial charge is 0.456 e. The molecule has 198 valence electrons. The van der Waals surface area contributed by atoms with Crippen molar-refractivity contribution in [2.45, 2.75) is 0 Å². The van der Waals surface area contributed by atoms with E-state index in [0.717, 1.165) is 16.6 Å². The molecule has 0 radical (unpaired) electrons. The highest BCUT2D eigenvalue weighted by Crippen LogP contribution is 2.48. The summed E-state index contributed by atoms with van der Waals surface area (Å²) in [7, 11) is 0. The van der Waals surface area contributed by atoms with Crippen LogP contribution in [0, 0.1) is 0 Å². The van der Waals surface area contributed by atoms with Gasteiger partial charge in [-0.2, -0.15) is 0 Å². The summed E-state index contributed by atoms with van der Waals surface area (Å²) in [6.07, 6.45) is 0. The average molecular weight is 545 g/mol. The molecule has 0 amide bonds. The van der Waals surface area contributed by atoms with E-state index in [-0.39, 0.29) is 0 Å². The minimum atomic E-state index is 0.934. The zero-order chi connectivity index (χ0) is 28.1. The summed E-state index contributed by atoms with van der Waals surface area (Å²) in [4.78, 5) is 0. The molecule has 0 aliphatic heterocycles. The molecule has 10 rings (SSSR count). The van der Waals surface area contributed by atoms with E-state index in [9.17, 15) is 0 Å². The van der Waals surface area contributed by atoms with E-state index < -0.39 is 0 Å². The molecule has 0 saturated carbocycles. The van der Waals surface area contributed by atoms with Gasteiger partial charge in [0.2, 0.25) is 0 Å². The number of benzene rings is 8. The smallest absolute Gasteiger partial charge is 0.136 e. The quantitative estimate of drug-likeness (QED) is 0.211. The van der Waals surface area contributed by atoms with Crippen LogP contribution < -0.4 is 0 Å². The van der Waals surface area contributed by atoms with Crippen LogP contribution in [0.1, 0.15) is 0 Å². The van der Waals surface area contributed by atoms with Crippen LogP contribution >= 0.6 is 0 Å². The fraction of sp³-hybridized carbons (Fsp3) is 0. The molecule has 1 aromatic heterocycles. The summed E-state index contributed by atoms with van der Waals surface area (Å²) in [5, 5.41) is 9.91. The highest BCUT2D eigenvalue weighted by atomic mass is 16.3. The number of rotatable bonds is 2. The predicted molar refractivity (Wildman–Crippen MR) is 182 cm³/mol. The summed E-state index contributed by atoms with van der Waals surface area (Å²) < 4.78 is 6.12. The van der Waals surface area contributed by atoms with E-state index >= 15 is 0 Å². The number of furan rings is 1.